The minimum Gasteiger partial charge on any atom is -0.465 e. The monoisotopic (exact) mass is 682 g/mol. The molecule has 0 bridgehead atoms. The highest BCUT2D eigenvalue weighted by molar-refractivity contribution is 8.01. The van der Waals surface area contributed by atoms with E-state index in [1.165, 1.54) is 23.9 Å². The second kappa shape index (κ2) is 16.6. The molecule has 0 atom stereocenters. The van der Waals surface area contributed by atoms with Crippen LogP contribution in [0.4, 0.5) is 8.78 Å². The van der Waals surface area contributed by atoms with E-state index in [-0.39, 0.29) is 49.2 Å². The minimum atomic E-state index is -4.06. The molecule has 0 amide bonds. The minimum absolute atomic E-state index is 0.0104. The van der Waals surface area contributed by atoms with Gasteiger partial charge < -0.3 is 29.1 Å². The van der Waals surface area contributed by atoms with Crippen LogP contribution < -0.4 is 0 Å². The Balaban J connectivity index is 0.000000251. The number of ether oxygens (including phenoxy) is 2. The van der Waals surface area contributed by atoms with Crippen LogP contribution in [0, 0.1) is 11.6 Å². The van der Waals surface area contributed by atoms with E-state index in [1.54, 1.807) is 44.4 Å². The summed E-state index contributed by atoms with van der Waals surface area (Å²) in [5.74, 6) is -1.87. The van der Waals surface area contributed by atoms with E-state index in [2.05, 4.69) is 0 Å². The molecule has 0 radical (unpaired) electrons. The van der Waals surface area contributed by atoms with Crippen LogP contribution in [0.5, 0.6) is 0 Å². The van der Waals surface area contributed by atoms with Crippen molar-refractivity contribution < 1.29 is 46.3 Å². The van der Waals surface area contributed by atoms with E-state index < -0.39 is 45.2 Å². The van der Waals surface area contributed by atoms with Crippen LogP contribution in [-0.2, 0) is 28.9 Å². The zero-order valence-corrected chi connectivity index (χ0v) is 28.3. The number of hydrogen-bond acceptors (Lipinski definition) is 11. The molecule has 0 aliphatic carbocycles. The average Bonchev–Trinajstić information content (AvgIpc) is 3.03. The molecule has 16 heteroatoms. The number of sulfone groups is 1. The highest BCUT2D eigenvalue weighted by Gasteiger charge is 2.54. The van der Waals surface area contributed by atoms with Crippen LogP contribution in [0.1, 0.15) is 39.5 Å². The van der Waals surface area contributed by atoms with Crippen molar-refractivity contribution >= 4 is 47.6 Å². The lowest BCUT2D eigenvalue weighted by atomic mass is 9.80. The summed E-state index contributed by atoms with van der Waals surface area (Å²) in [7, 11) is -5.30. The zero-order chi connectivity index (χ0) is 34.1. The molecule has 0 saturated carbocycles. The van der Waals surface area contributed by atoms with Crippen LogP contribution in [-0.4, -0.2) is 103 Å². The first-order chi connectivity index (χ1) is 21.7. The third-order valence-electron chi connectivity index (χ3n) is 8.33. The number of carbonyl (C=O) groups excluding carboxylic acids is 2. The molecular formula is C30H42B2F2N2O8S2. The first kappa shape index (κ1) is 38.0. The summed E-state index contributed by atoms with van der Waals surface area (Å²) in [6.45, 7) is 8.88. The summed E-state index contributed by atoms with van der Waals surface area (Å²) in [6.07, 6.45) is 1.21. The first-order valence-electron chi connectivity index (χ1n) is 15.3. The summed E-state index contributed by atoms with van der Waals surface area (Å²) in [5, 5.41) is 19.3. The van der Waals surface area contributed by atoms with E-state index in [0.29, 0.717) is 32.5 Å². The molecule has 4 rings (SSSR count). The van der Waals surface area contributed by atoms with Gasteiger partial charge in [-0.05, 0) is 128 Å². The number of thioether (sulfide) groups is 1. The predicted octanol–water partition coefficient (Wildman–Crippen LogP) is 3.53. The van der Waals surface area contributed by atoms with Crippen molar-refractivity contribution in [2.24, 2.45) is 0 Å². The van der Waals surface area contributed by atoms with E-state index in [1.807, 2.05) is 4.81 Å². The number of hydrogen-bond donors (Lipinski definition) is 2. The van der Waals surface area contributed by atoms with Gasteiger partial charge in [0.15, 0.2) is 14.6 Å². The lowest BCUT2D eigenvalue weighted by molar-refractivity contribution is -0.148. The van der Waals surface area contributed by atoms with Crippen molar-refractivity contribution in [3.05, 3.63) is 60.2 Å². The van der Waals surface area contributed by atoms with Gasteiger partial charge in [0.2, 0.25) is 0 Å². The normalized spacial score (nSPS) is 18.1. The van der Waals surface area contributed by atoms with Gasteiger partial charge in [-0.2, -0.15) is 0 Å². The smallest absolute Gasteiger partial charge is 0.376 e. The Morgan fingerprint density at radius 3 is 1.63 bits per heavy atom. The molecule has 2 aromatic carbocycles. The van der Waals surface area contributed by atoms with Crippen molar-refractivity contribution in [1.29, 1.82) is 0 Å². The number of halogens is 2. The molecule has 2 N–H and O–H groups in total. The van der Waals surface area contributed by atoms with Crippen LogP contribution in [0.25, 0.3) is 0 Å². The average molecular weight is 682 g/mol. The first-order valence-corrected chi connectivity index (χ1v) is 17.6. The Morgan fingerprint density at radius 2 is 1.20 bits per heavy atom. The number of esters is 2. The van der Waals surface area contributed by atoms with Crippen LogP contribution in [0.2, 0.25) is 13.6 Å². The molecule has 2 aromatic rings. The number of piperidine rings is 2. The van der Waals surface area contributed by atoms with Gasteiger partial charge in [0.25, 0.3) is 0 Å². The quantitative estimate of drug-likeness (QED) is 0.217. The molecule has 0 unspecified atom stereocenters. The lowest BCUT2D eigenvalue weighted by Gasteiger charge is -2.39. The number of nitrogens with zero attached hydrogens (tertiary/aromatic N) is 2. The van der Waals surface area contributed by atoms with Gasteiger partial charge in [-0.3, -0.25) is 9.59 Å². The Hall–Kier alpha value is -2.49. The summed E-state index contributed by atoms with van der Waals surface area (Å²) < 4.78 is 60.3. The summed E-state index contributed by atoms with van der Waals surface area (Å²) in [4.78, 5) is 29.4. The van der Waals surface area contributed by atoms with Crippen molar-refractivity contribution in [3.63, 3.8) is 0 Å². The number of carbonyl (C=O) groups is 2. The van der Waals surface area contributed by atoms with E-state index in [4.69, 9.17) is 9.47 Å². The van der Waals surface area contributed by atoms with Gasteiger partial charge in [-0.1, -0.05) is 0 Å². The van der Waals surface area contributed by atoms with Crippen LogP contribution in [0.15, 0.2) is 58.3 Å². The molecule has 2 saturated heterocycles. The van der Waals surface area contributed by atoms with Gasteiger partial charge in [0.05, 0.1) is 18.1 Å². The van der Waals surface area contributed by atoms with Gasteiger partial charge in [-0.15, -0.1) is 11.8 Å². The van der Waals surface area contributed by atoms with Crippen LogP contribution >= 0.6 is 11.8 Å². The van der Waals surface area contributed by atoms with Crippen molar-refractivity contribution in [3.8, 4) is 0 Å². The zero-order valence-electron chi connectivity index (χ0n) is 26.7. The SMILES string of the molecule is CCOC(=O)C1(S(=O)(=O)c2ccc(F)cc2)CCN(B(C)O)CC1.CCOC(=O)C1(Sc2ccc(F)cc2)CCN(B(C)O)CC1. The highest BCUT2D eigenvalue weighted by Crippen LogP contribution is 2.42. The molecule has 46 heavy (non-hydrogen) atoms. The topological polar surface area (TPSA) is 134 Å². The molecule has 0 spiro atoms. The Kier molecular flexibility index (Phi) is 13.7. The third-order valence-corrected chi connectivity index (χ3v) is 12.3. The Morgan fingerprint density at radius 1 is 0.783 bits per heavy atom. The van der Waals surface area contributed by atoms with Gasteiger partial charge in [0.1, 0.15) is 16.4 Å². The third kappa shape index (κ3) is 8.90. The Labute approximate surface area is 275 Å². The van der Waals surface area contributed by atoms with E-state index in [0.717, 1.165) is 29.2 Å². The summed E-state index contributed by atoms with van der Waals surface area (Å²) in [5.41, 5.74) is 0. The molecule has 2 aliphatic rings. The van der Waals surface area contributed by atoms with Gasteiger partial charge >= 0.3 is 26.0 Å². The van der Waals surface area contributed by atoms with Crippen molar-refractivity contribution in [2.45, 2.75) is 72.5 Å². The largest absolute Gasteiger partial charge is 0.465 e. The second-order valence-electron chi connectivity index (χ2n) is 11.3. The molecular weight excluding hydrogens is 640 g/mol. The number of rotatable bonds is 10. The second-order valence-corrected chi connectivity index (χ2v) is 15.0. The number of benzene rings is 2. The predicted molar refractivity (Wildman–Crippen MR) is 174 cm³/mol. The highest BCUT2D eigenvalue weighted by atomic mass is 32.2. The molecule has 2 aliphatic heterocycles. The molecule has 252 valence electrons. The molecule has 2 heterocycles. The maximum atomic E-state index is 13.1. The maximum absolute atomic E-state index is 13.1. The van der Waals surface area contributed by atoms with Gasteiger partial charge in [-0.25, -0.2) is 17.2 Å². The molecule has 10 nitrogen and oxygen atoms in total. The van der Waals surface area contributed by atoms with Crippen LogP contribution in [0.3, 0.4) is 0 Å². The fraction of sp³-hybridized carbons (Fsp3) is 0.533. The standard InChI is InChI=1S/C15H21BFNO5S.C15H21BFNO3S/c1-3-23-14(19)15(8-10-18(11-9-15)16(2)20)24(21,22)13-6-4-12(17)5-7-13;1-3-21-14(19)15(8-10-18(11-9-15)16(2)20)22-13-6-4-12(17)5-7-13/h4-7,20H,3,8-11H2,1-2H3;4-7,20H,3,8-11H2,1-2H3. The van der Waals surface area contributed by atoms with Crippen molar-refractivity contribution in [2.75, 3.05) is 39.4 Å². The molecule has 0 aromatic heterocycles. The fourth-order valence-corrected chi connectivity index (χ4v) is 8.74. The fourth-order valence-electron chi connectivity index (χ4n) is 5.54. The lowest BCUT2D eigenvalue weighted by Crippen LogP contribution is -2.57. The maximum Gasteiger partial charge on any atom is 0.376 e. The summed E-state index contributed by atoms with van der Waals surface area (Å²) >= 11 is 1.43. The Bertz CT molecular complexity index is 1400. The van der Waals surface area contributed by atoms with Gasteiger partial charge in [0, 0.05) is 4.90 Å². The summed E-state index contributed by atoms with van der Waals surface area (Å²) in [6, 6.07) is 10.6. The van der Waals surface area contributed by atoms with E-state index in [9.17, 15) is 36.8 Å². The molecule has 2 fully saturated rings. The van der Waals surface area contributed by atoms with Crippen molar-refractivity contribution in [1.82, 2.24) is 9.62 Å². The van der Waals surface area contributed by atoms with E-state index >= 15 is 0 Å².